The molecule has 0 saturated heterocycles. The first kappa shape index (κ1) is 26.5. The summed E-state index contributed by atoms with van der Waals surface area (Å²) in [5, 5.41) is 3.01. The molecule has 1 N–H and O–H groups in total. The van der Waals surface area contributed by atoms with Gasteiger partial charge in [0.1, 0.15) is 0 Å². The average molecular weight is 513 g/mol. The number of hydrogen-bond donors (Lipinski definition) is 1. The molecule has 196 valence electrons. The quantitative estimate of drug-likeness (QED) is 0.390. The first-order chi connectivity index (χ1) is 17.7. The van der Waals surface area contributed by atoms with Gasteiger partial charge in [0.25, 0.3) is 0 Å². The van der Waals surface area contributed by atoms with Gasteiger partial charge >= 0.3 is 6.18 Å². The number of methoxy groups -OCH3 is 2. The molecule has 8 heteroatoms. The minimum absolute atomic E-state index is 0.113. The van der Waals surface area contributed by atoms with Crippen molar-refractivity contribution in [2.75, 3.05) is 32.6 Å². The van der Waals surface area contributed by atoms with E-state index in [0.29, 0.717) is 30.9 Å². The lowest BCUT2D eigenvalue weighted by molar-refractivity contribution is -0.137. The molecular weight excluding hydrogens is 481 g/mol. The lowest BCUT2D eigenvalue weighted by atomic mass is 9.88. The van der Waals surface area contributed by atoms with Gasteiger partial charge in [-0.25, -0.2) is 0 Å². The van der Waals surface area contributed by atoms with E-state index in [1.54, 1.807) is 14.2 Å². The standard InChI is InChI=1S/C29H31F3N2O3/c1-19-6-4-5-7-24(19)33-28(35)18-34-15-14-21-16-26(36-2)27(37-3)17-23(21)25(34)13-10-20-8-11-22(12-9-20)29(30,31)32/h4-9,11-12,16-17,25H,10,13-15,18H2,1-3H3,(H,33,35)/t25-/m1/s1. The number of ether oxygens (including phenoxy) is 2. The maximum Gasteiger partial charge on any atom is 0.416 e. The molecule has 0 radical (unpaired) electrons. The third-order valence-electron chi connectivity index (χ3n) is 6.87. The number of alkyl halides is 3. The van der Waals surface area contributed by atoms with Gasteiger partial charge in [-0.3, -0.25) is 9.69 Å². The molecule has 1 heterocycles. The maximum absolute atomic E-state index is 13.0. The Balaban J connectivity index is 1.57. The molecule has 1 aliphatic heterocycles. The summed E-state index contributed by atoms with van der Waals surface area (Å²) in [7, 11) is 3.18. The Morgan fingerprint density at radius 2 is 1.70 bits per heavy atom. The highest BCUT2D eigenvalue weighted by Gasteiger charge is 2.31. The number of hydrogen-bond acceptors (Lipinski definition) is 4. The highest BCUT2D eigenvalue weighted by atomic mass is 19.4. The van der Waals surface area contributed by atoms with Gasteiger partial charge in [-0.15, -0.1) is 0 Å². The van der Waals surface area contributed by atoms with Crippen LogP contribution in [0.1, 0.15) is 40.3 Å². The second kappa shape index (κ2) is 11.3. The predicted octanol–water partition coefficient (Wildman–Crippen LogP) is 6.20. The maximum atomic E-state index is 13.0. The zero-order valence-corrected chi connectivity index (χ0v) is 21.2. The number of carbonyl (C=O) groups excluding carboxylic acids is 1. The molecule has 0 spiro atoms. The van der Waals surface area contributed by atoms with E-state index in [1.807, 2.05) is 43.3 Å². The Morgan fingerprint density at radius 1 is 1.03 bits per heavy atom. The van der Waals surface area contributed by atoms with Gasteiger partial charge in [0.15, 0.2) is 11.5 Å². The number of halogens is 3. The summed E-state index contributed by atoms with van der Waals surface area (Å²) in [5.74, 6) is 1.14. The van der Waals surface area contributed by atoms with Crippen LogP contribution in [0.15, 0.2) is 60.7 Å². The first-order valence-corrected chi connectivity index (χ1v) is 12.2. The van der Waals surface area contributed by atoms with Gasteiger partial charge in [-0.05, 0) is 78.8 Å². The second-order valence-corrected chi connectivity index (χ2v) is 9.24. The van der Waals surface area contributed by atoms with Gasteiger partial charge in [0, 0.05) is 18.3 Å². The molecule has 1 amide bonds. The molecule has 0 unspecified atom stereocenters. The Bertz CT molecular complexity index is 1240. The molecule has 5 nitrogen and oxygen atoms in total. The fourth-order valence-electron chi connectivity index (χ4n) is 4.86. The van der Waals surface area contributed by atoms with Crippen LogP contribution in [0.4, 0.5) is 18.9 Å². The van der Waals surface area contributed by atoms with E-state index in [9.17, 15) is 18.0 Å². The Hall–Kier alpha value is -3.52. The Labute approximate surface area is 215 Å². The van der Waals surface area contributed by atoms with Crippen LogP contribution in [0.3, 0.4) is 0 Å². The lowest BCUT2D eigenvalue weighted by Gasteiger charge is -2.37. The summed E-state index contributed by atoms with van der Waals surface area (Å²) in [5.41, 5.74) is 4.06. The topological polar surface area (TPSA) is 50.8 Å². The molecule has 0 aliphatic carbocycles. The number of anilines is 1. The molecule has 0 saturated carbocycles. The second-order valence-electron chi connectivity index (χ2n) is 9.24. The van der Waals surface area contributed by atoms with Crippen molar-refractivity contribution in [2.45, 2.75) is 38.4 Å². The Kier molecular flexibility index (Phi) is 8.07. The zero-order valence-electron chi connectivity index (χ0n) is 21.2. The lowest BCUT2D eigenvalue weighted by Crippen LogP contribution is -2.41. The zero-order chi connectivity index (χ0) is 26.6. The normalized spacial score (nSPS) is 15.7. The van der Waals surface area contributed by atoms with E-state index in [0.717, 1.165) is 46.5 Å². The smallest absolute Gasteiger partial charge is 0.416 e. The molecular formula is C29H31F3N2O3. The molecule has 0 fully saturated rings. The van der Waals surface area contributed by atoms with Gasteiger partial charge in [0.2, 0.25) is 5.91 Å². The van der Waals surface area contributed by atoms with Crippen molar-refractivity contribution in [3.05, 3.63) is 88.5 Å². The summed E-state index contributed by atoms with van der Waals surface area (Å²) >= 11 is 0. The fourth-order valence-corrected chi connectivity index (χ4v) is 4.86. The summed E-state index contributed by atoms with van der Waals surface area (Å²) in [6.07, 6.45) is -2.43. The number of para-hydroxylation sites is 1. The van der Waals surface area contributed by atoms with E-state index in [-0.39, 0.29) is 18.5 Å². The molecule has 0 aromatic heterocycles. The van der Waals surface area contributed by atoms with Crippen LogP contribution < -0.4 is 14.8 Å². The number of benzene rings is 3. The van der Waals surface area contributed by atoms with Crippen LogP contribution in [0.5, 0.6) is 11.5 Å². The van der Waals surface area contributed by atoms with Gasteiger partial charge in [-0.2, -0.15) is 13.2 Å². The van der Waals surface area contributed by atoms with Crippen LogP contribution in [0.2, 0.25) is 0 Å². The summed E-state index contributed by atoms with van der Waals surface area (Å²) < 4.78 is 50.0. The predicted molar refractivity (Wildman–Crippen MR) is 137 cm³/mol. The van der Waals surface area contributed by atoms with Gasteiger partial charge < -0.3 is 14.8 Å². The molecule has 1 atom stereocenters. The molecule has 3 aromatic rings. The molecule has 1 aliphatic rings. The van der Waals surface area contributed by atoms with Crippen molar-refractivity contribution in [3.8, 4) is 11.5 Å². The van der Waals surface area contributed by atoms with Crippen LogP contribution in [0.25, 0.3) is 0 Å². The van der Waals surface area contributed by atoms with Crippen molar-refractivity contribution < 1.29 is 27.4 Å². The van der Waals surface area contributed by atoms with Crippen LogP contribution in [0, 0.1) is 6.92 Å². The first-order valence-electron chi connectivity index (χ1n) is 12.2. The average Bonchev–Trinajstić information content (AvgIpc) is 2.88. The third-order valence-corrected chi connectivity index (χ3v) is 6.87. The number of rotatable bonds is 8. The monoisotopic (exact) mass is 512 g/mol. The Morgan fingerprint density at radius 3 is 2.35 bits per heavy atom. The molecule has 4 rings (SSSR count). The highest BCUT2D eigenvalue weighted by Crippen LogP contribution is 2.40. The number of nitrogens with zero attached hydrogens (tertiary/aromatic N) is 1. The van der Waals surface area contributed by atoms with Gasteiger partial charge in [0.05, 0.1) is 26.3 Å². The summed E-state index contributed by atoms with van der Waals surface area (Å²) in [6, 6.07) is 16.7. The van der Waals surface area contributed by atoms with Crippen molar-refractivity contribution in [3.63, 3.8) is 0 Å². The number of nitrogens with one attached hydrogen (secondary N) is 1. The van der Waals surface area contributed by atoms with Crippen LogP contribution in [-0.4, -0.2) is 38.1 Å². The fraction of sp³-hybridized carbons (Fsp3) is 0.345. The molecule has 3 aromatic carbocycles. The van der Waals surface area contributed by atoms with E-state index < -0.39 is 11.7 Å². The van der Waals surface area contributed by atoms with Crippen molar-refractivity contribution in [2.24, 2.45) is 0 Å². The number of aryl methyl sites for hydroxylation is 2. The van der Waals surface area contributed by atoms with E-state index in [1.165, 1.54) is 12.1 Å². The molecule has 0 bridgehead atoms. The highest BCUT2D eigenvalue weighted by molar-refractivity contribution is 5.93. The van der Waals surface area contributed by atoms with E-state index >= 15 is 0 Å². The number of carbonyl (C=O) groups is 1. The van der Waals surface area contributed by atoms with Crippen molar-refractivity contribution >= 4 is 11.6 Å². The largest absolute Gasteiger partial charge is 0.493 e. The summed E-state index contributed by atoms with van der Waals surface area (Å²) in [6.45, 7) is 2.81. The number of fused-ring (bicyclic) bond motifs is 1. The van der Waals surface area contributed by atoms with Crippen LogP contribution in [-0.2, 0) is 23.8 Å². The van der Waals surface area contributed by atoms with E-state index in [2.05, 4.69) is 10.2 Å². The minimum Gasteiger partial charge on any atom is -0.493 e. The van der Waals surface area contributed by atoms with Crippen molar-refractivity contribution in [1.82, 2.24) is 4.90 Å². The molecule has 37 heavy (non-hydrogen) atoms. The van der Waals surface area contributed by atoms with Crippen molar-refractivity contribution in [1.29, 1.82) is 0 Å². The van der Waals surface area contributed by atoms with Gasteiger partial charge in [-0.1, -0.05) is 30.3 Å². The van der Waals surface area contributed by atoms with E-state index in [4.69, 9.17) is 9.47 Å². The minimum atomic E-state index is -4.36. The number of amides is 1. The summed E-state index contributed by atoms with van der Waals surface area (Å²) in [4.78, 5) is 15.1. The third kappa shape index (κ3) is 6.25. The van der Waals surface area contributed by atoms with Crippen LogP contribution >= 0.6 is 0 Å². The SMILES string of the molecule is COc1cc2c(cc1OC)[C@@H](CCc1ccc(C(F)(F)F)cc1)N(CC(=O)Nc1ccccc1C)CC2.